The summed E-state index contributed by atoms with van der Waals surface area (Å²) in [5.74, 6) is -0.102. The second-order valence-corrected chi connectivity index (χ2v) is 6.55. The summed E-state index contributed by atoms with van der Waals surface area (Å²) >= 11 is 0. The second-order valence-electron chi connectivity index (χ2n) is 6.55. The number of hydrogen-bond acceptors (Lipinski definition) is 3. The number of hydrogen-bond donors (Lipinski definition) is 2. The van der Waals surface area contributed by atoms with Gasteiger partial charge in [-0.1, -0.05) is 18.2 Å². The van der Waals surface area contributed by atoms with E-state index < -0.39 is 0 Å². The van der Waals surface area contributed by atoms with Gasteiger partial charge < -0.3 is 15.0 Å². The fraction of sp³-hybridized carbons (Fsp3) is 0.400. The van der Waals surface area contributed by atoms with Crippen molar-refractivity contribution in [2.75, 3.05) is 0 Å². The normalized spacial score (nSPS) is 20.6. The molecule has 130 valence electrons. The summed E-state index contributed by atoms with van der Waals surface area (Å²) in [7, 11) is 0. The Morgan fingerprint density at radius 1 is 1.32 bits per heavy atom. The summed E-state index contributed by atoms with van der Waals surface area (Å²) in [4.78, 5) is 12.2. The quantitative estimate of drug-likeness (QED) is 0.823. The number of carbonyl (C=O) groups excluding carboxylic acids is 1. The highest BCUT2D eigenvalue weighted by Gasteiger charge is 2.19. The number of rotatable bonds is 5. The van der Waals surface area contributed by atoms with Crippen molar-refractivity contribution >= 4 is 22.9 Å². The first-order valence-electron chi connectivity index (χ1n) is 8.79. The fourth-order valence-corrected chi connectivity index (χ4v) is 3.40. The summed E-state index contributed by atoms with van der Waals surface area (Å²) in [6, 6.07) is 10.3. The van der Waals surface area contributed by atoms with Crippen LogP contribution in [0.3, 0.4) is 0 Å². The molecule has 25 heavy (non-hydrogen) atoms. The van der Waals surface area contributed by atoms with E-state index in [0.29, 0.717) is 13.0 Å². The molecule has 0 aliphatic heterocycles. The van der Waals surface area contributed by atoms with Gasteiger partial charge in [-0.15, -0.1) is 0 Å². The van der Waals surface area contributed by atoms with Gasteiger partial charge in [0.05, 0.1) is 18.6 Å². The lowest BCUT2D eigenvalue weighted by molar-refractivity contribution is -0.117. The highest BCUT2D eigenvalue weighted by molar-refractivity contribution is 5.96. The number of nitrogens with one attached hydrogen (secondary N) is 1. The van der Waals surface area contributed by atoms with E-state index in [1.165, 1.54) is 0 Å². The number of nitriles is 1. The van der Waals surface area contributed by atoms with Gasteiger partial charge in [-0.2, -0.15) is 5.26 Å². The maximum atomic E-state index is 12.2. The van der Waals surface area contributed by atoms with Gasteiger partial charge >= 0.3 is 0 Å². The third-order valence-electron chi connectivity index (χ3n) is 4.74. The van der Waals surface area contributed by atoms with Crippen molar-refractivity contribution in [2.24, 2.45) is 0 Å². The number of aryl methyl sites for hydroxylation is 1. The van der Waals surface area contributed by atoms with Crippen LogP contribution in [0.15, 0.2) is 36.5 Å². The van der Waals surface area contributed by atoms with Gasteiger partial charge in [0.25, 0.3) is 0 Å². The average Bonchev–Trinajstić information content (AvgIpc) is 2.98. The van der Waals surface area contributed by atoms with E-state index in [2.05, 4.69) is 16.0 Å². The van der Waals surface area contributed by atoms with Crippen molar-refractivity contribution in [2.45, 2.75) is 50.8 Å². The number of fused-ring (bicyclic) bond motifs is 1. The Morgan fingerprint density at radius 3 is 2.84 bits per heavy atom. The summed E-state index contributed by atoms with van der Waals surface area (Å²) in [6.45, 7) is 0.640. The Labute approximate surface area is 147 Å². The largest absolute Gasteiger partial charge is 0.393 e. The van der Waals surface area contributed by atoms with E-state index in [1.54, 1.807) is 6.08 Å². The summed E-state index contributed by atoms with van der Waals surface area (Å²) in [5.41, 5.74) is 2.04. The number of aliphatic hydroxyl groups excluding tert-OH is 1. The fourth-order valence-electron chi connectivity index (χ4n) is 3.40. The molecule has 0 bridgehead atoms. The molecule has 1 heterocycles. The van der Waals surface area contributed by atoms with Crippen molar-refractivity contribution in [1.82, 2.24) is 9.88 Å². The number of para-hydroxylation sites is 1. The predicted octanol–water partition coefficient (Wildman–Crippen LogP) is 2.99. The number of aromatic nitrogens is 1. The van der Waals surface area contributed by atoms with Crippen molar-refractivity contribution in [3.8, 4) is 6.07 Å². The van der Waals surface area contributed by atoms with Gasteiger partial charge in [-0.25, -0.2) is 0 Å². The third-order valence-corrected chi connectivity index (χ3v) is 4.74. The van der Waals surface area contributed by atoms with E-state index in [9.17, 15) is 9.90 Å². The molecule has 0 spiro atoms. The van der Waals surface area contributed by atoms with Crippen LogP contribution >= 0.6 is 0 Å². The number of amides is 1. The number of carbonyl (C=O) groups is 1. The van der Waals surface area contributed by atoms with E-state index in [0.717, 1.165) is 42.1 Å². The molecule has 1 aliphatic rings. The van der Waals surface area contributed by atoms with Crippen molar-refractivity contribution in [1.29, 1.82) is 5.26 Å². The zero-order valence-corrected chi connectivity index (χ0v) is 14.2. The van der Waals surface area contributed by atoms with Gasteiger partial charge in [-0.3, -0.25) is 4.79 Å². The molecule has 0 atom stereocenters. The summed E-state index contributed by atoms with van der Waals surface area (Å²) in [6.07, 6.45) is 8.78. The first kappa shape index (κ1) is 17.2. The molecule has 3 rings (SSSR count). The SMILES string of the molecule is N#CCCn1cc(C=CC(=O)NC2CCC(O)CC2)c2ccccc21. The molecule has 2 N–H and O–H groups in total. The third kappa shape index (κ3) is 4.28. The first-order valence-corrected chi connectivity index (χ1v) is 8.79. The van der Waals surface area contributed by atoms with Gasteiger partial charge in [-0.05, 0) is 37.8 Å². The second kappa shape index (κ2) is 8.00. The van der Waals surface area contributed by atoms with Crippen LogP contribution in [0, 0.1) is 11.3 Å². The molecule has 2 aromatic rings. The molecular weight excluding hydrogens is 314 g/mol. The van der Waals surface area contributed by atoms with E-state index in [-0.39, 0.29) is 18.1 Å². The van der Waals surface area contributed by atoms with Crippen LogP contribution in [0.25, 0.3) is 17.0 Å². The molecule has 1 aromatic heterocycles. The zero-order chi connectivity index (χ0) is 17.6. The Hall–Kier alpha value is -2.58. The Balaban J connectivity index is 1.70. The standard InChI is InChI=1S/C20H23N3O2/c21-12-3-13-23-14-15(18-4-1-2-5-19(18)23)6-11-20(25)22-16-7-9-17(24)10-8-16/h1-2,4-6,11,14,16-17,24H,3,7-10,13H2,(H,22,25). The van der Waals surface area contributed by atoms with E-state index >= 15 is 0 Å². The Kier molecular flexibility index (Phi) is 5.52. The molecule has 1 fully saturated rings. The van der Waals surface area contributed by atoms with Crippen LogP contribution in [0.2, 0.25) is 0 Å². The smallest absolute Gasteiger partial charge is 0.244 e. The maximum Gasteiger partial charge on any atom is 0.244 e. The molecule has 1 amide bonds. The van der Waals surface area contributed by atoms with Crippen molar-refractivity contribution < 1.29 is 9.90 Å². The molecule has 0 unspecified atom stereocenters. The zero-order valence-electron chi connectivity index (χ0n) is 14.2. The lowest BCUT2D eigenvalue weighted by Gasteiger charge is -2.25. The van der Waals surface area contributed by atoms with Crippen LogP contribution in [0.4, 0.5) is 0 Å². The van der Waals surface area contributed by atoms with Crippen molar-refractivity contribution in [3.63, 3.8) is 0 Å². The summed E-state index contributed by atoms with van der Waals surface area (Å²) < 4.78 is 2.05. The molecule has 5 nitrogen and oxygen atoms in total. The number of nitrogens with zero attached hydrogens (tertiary/aromatic N) is 2. The average molecular weight is 337 g/mol. The van der Waals surface area contributed by atoms with E-state index in [4.69, 9.17) is 5.26 Å². The minimum atomic E-state index is -0.219. The highest BCUT2D eigenvalue weighted by atomic mass is 16.3. The molecule has 0 saturated heterocycles. The number of benzene rings is 1. The molecule has 0 radical (unpaired) electrons. The van der Waals surface area contributed by atoms with Gasteiger partial charge in [0.15, 0.2) is 0 Å². The van der Waals surface area contributed by atoms with Gasteiger partial charge in [0, 0.05) is 41.3 Å². The van der Waals surface area contributed by atoms with Crippen LogP contribution in [0.5, 0.6) is 0 Å². The minimum absolute atomic E-state index is 0.102. The van der Waals surface area contributed by atoms with E-state index in [1.807, 2.05) is 36.5 Å². The van der Waals surface area contributed by atoms with Crippen molar-refractivity contribution in [3.05, 3.63) is 42.1 Å². The molecule has 5 heteroatoms. The molecular formula is C20H23N3O2. The first-order chi connectivity index (χ1) is 12.2. The summed E-state index contributed by atoms with van der Waals surface area (Å²) in [5, 5.41) is 22.4. The van der Waals surface area contributed by atoms with Crippen LogP contribution in [-0.2, 0) is 11.3 Å². The monoisotopic (exact) mass is 337 g/mol. The highest BCUT2D eigenvalue weighted by Crippen LogP contribution is 2.23. The minimum Gasteiger partial charge on any atom is -0.393 e. The van der Waals surface area contributed by atoms with Crippen LogP contribution in [0.1, 0.15) is 37.7 Å². The van der Waals surface area contributed by atoms with Crippen LogP contribution < -0.4 is 5.32 Å². The lowest BCUT2D eigenvalue weighted by atomic mass is 9.93. The lowest BCUT2D eigenvalue weighted by Crippen LogP contribution is -2.37. The van der Waals surface area contributed by atoms with Crippen LogP contribution in [-0.4, -0.2) is 27.7 Å². The Morgan fingerprint density at radius 2 is 2.08 bits per heavy atom. The van der Waals surface area contributed by atoms with Gasteiger partial charge in [0.2, 0.25) is 5.91 Å². The topological polar surface area (TPSA) is 78.0 Å². The number of aliphatic hydroxyl groups is 1. The molecule has 1 saturated carbocycles. The Bertz CT molecular complexity index is 808. The molecule has 1 aromatic carbocycles. The molecule has 1 aliphatic carbocycles. The predicted molar refractivity (Wildman–Crippen MR) is 97.6 cm³/mol. The van der Waals surface area contributed by atoms with Gasteiger partial charge in [0.1, 0.15) is 0 Å². The maximum absolute atomic E-state index is 12.2.